The van der Waals surface area contributed by atoms with Gasteiger partial charge in [0.05, 0.1) is 0 Å². The largest absolute Gasteiger partial charge is 0.508 e. The number of hydrogen-bond donors (Lipinski definition) is 2. The lowest BCUT2D eigenvalue weighted by molar-refractivity contribution is 0.252. The molecule has 6 heteroatoms. The molecule has 0 atom stereocenters. The molecule has 2 nitrogen and oxygen atoms in total. The minimum Gasteiger partial charge on any atom is -0.508 e. The molecule has 0 bridgehead atoms. The number of hydrogen-bond acceptors (Lipinski definition) is 3. The number of aromatic hydroxyl groups is 1. The number of para-hydroxylation sites is 1. The van der Waals surface area contributed by atoms with Crippen LogP contribution in [0.4, 0.5) is 18.9 Å². The predicted octanol–water partition coefficient (Wildman–Crippen LogP) is 4.46. The van der Waals surface area contributed by atoms with Crippen LogP contribution in [0.1, 0.15) is 5.56 Å². The molecule has 2 aromatic rings. The Morgan fingerprint density at radius 3 is 2.60 bits per heavy atom. The van der Waals surface area contributed by atoms with Crippen molar-refractivity contribution >= 4 is 17.4 Å². The quantitative estimate of drug-likeness (QED) is 0.800. The normalized spacial score (nSPS) is 10.8. The summed E-state index contributed by atoms with van der Waals surface area (Å²) in [4.78, 5) is 0.420. The Labute approximate surface area is 118 Å². The highest BCUT2D eigenvalue weighted by atomic mass is 32.2. The number of anilines is 1. The molecule has 2 aromatic carbocycles. The highest BCUT2D eigenvalue weighted by Crippen LogP contribution is 2.31. The third-order valence-electron chi connectivity index (χ3n) is 2.53. The summed E-state index contributed by atoms with van der Waals surface area (Å²) in [6, 6.07) is 10.3. The van der Waals surface area contributed by atoms with Gasteiger partial charge >= 0.3 is 0 Å². The minimum absolute atomic E-state index is 0.169. The number of thioether (sulfide) groups is 1. The zero-order valence-electron chi connectivity index (χ0n) is 10.3. The third kappa shape index (κ3) is 4.09. The van der Waals surface area contributed by atoms with Crippen LogP contribution in [0, 0.1) is 5.82 Å². The summed E-state index contributed by atoms with van der Waals surface area (Å²) in [6.07, 6.45) is 0. The van der Waals surface area contributed by atoms with Gasteiger partial charge in [0.2, 0.25) is 0 Å². The highest BCUT2D eigenvalue weighted by Gasteiger charge is 2.09. The van der Waals surface area contributed by atoms with Gasteiger partial charge in [0.1, 0.15) is 11.6 Å². The average Bonchev–Trinajstić information content (AvgIpc) is 2.36. The third-order valence-corrected chi connectivity index (χ3v) is 3.32. The van der Waals surface area contributed by atoms with Crippen molar-refractivity contribution in [2.75, 3.05) is 5.32 Å². The van der Waals surface area contributed by atoms with Gasteiger partial charge in [0, 0.05) is 23.2 Å². The van der Waals surface area contributed by atoms with Gasteiger partial charge < -0.3 is 10.4 Å². The number of rotatable bonds is 5. The van der Waals surface area contributed by atoms with Gasteiger partial charge in [-0.05, 0) is 29.8 Å². The molecule has 0 aliphatic rings. The lowest BCUT2D eigenvalue weighted by Crippen LogP contribution is -2.01. The molecular formula is C14H12F3NOS. The zero-order chi connectivity index (χ0) is 14.5. The molecule has 0 aliphatic heterocycles. The van der Waals surface area contributed by atoms with Gasteiger partial charge in [0.15, 0.2) is 0 Å². The molecule has 0 aromatic heterocycles. The molecule has 0 fully saturated rings. The maximum Gasteiger partial charge on any atom is 0.288 e. The van der Waals surface area contributed by atoms with Crippen molar-refractivity contribution in [3.8, 4) is 5.75 Å². The van der Waals surface area contributed by atoms with Crippen molar-refractivity contribution in [3.05, 3.63) is 53.8 Å². The van der Waals surface area contributed by atoms with Crippen molar-refractivity contribution < 1.29 is 18.3 Å². The van der Waals surface area contributed by atoms with Crippen LogP contribution in [0.5, 0.6) is 5.75 Å². The summed E-state index contributed by atoms with van der Waals surface area (Å²) in [5, 5.41) is 12.3. The molecule has 0 unspecified atom stereocenters. The van der Waals surface area contributed by atoms with E-state index in [1.54, 1.807) is 24.3 Å². The molecule has 0 saturated heterocycles. The van der Waals surface area contributed by atoms with Crippen molar-refractivity contribution in [1.29, 1.82) is 0 Å². The Bertz CT molecular complexity index is 572. The smallest absolute Gasteiger partial charge is 0.288 e. The van der Waals surface area contributed by atoms with Crippen LogP contribution in [0.15, 0.2) is 47.4 Å². The van der Waals surface area contributed by atoms with E-state index in [1.165, 1.54) is 12.1 Å². The molecule has 0 aliphatic carbocycles. The van der Waals surface area contributed by atoms with Gasteiger partial charge in [-0.2, -0.15) is 8.78 Å². The van der Waals surface area contributed by atoms with Gasteiger partial charge in [-0.15, -0.1) is 0 Å². The Morgan fingerprint density at radius 1 is 1.15 bits per heavy atom. The molecule has 2 rings (SSSR count). The summed E-state index contributed by atoms with van der Waals surface area (Å²) in [7, 11) is 0. The number of nitrogens with one attached hydrogen (secondary N) is 1. The molecule has 0 amide bonds. The maximum absolute atomic E-state index is 13.1. The van der Waals surface area contributed by atoms with Gasteiger partial charge in [0.25, 0.3) is 5.76 Å². The summed E-state index contributed by atoms with van der Waals surface area (Å²) >= 11 is 0.447. The fourth-order valence-corrected chi connectivity index (χ4v) is 2.36. The Kier molecular flexibility index (Phi) is 4.79. The summed E-state index contributed by atoms with van der Waals surface area (Å²) < 4.78 is 38.0. The first-order chi connectivity index (χ1) is 9.54. The molecular weight excluding hydrogens is 287 g/mol. The summed E-state index contributed by atoms with van der Waals surface area (Å²) in [5.74, 6) is -3.22. The monoisotopic (exact) mass is 299 g/mol. The van der Waals surface area contributed by atoms with Crippen molar-refractivity contribution in [3.63, 3.8) is 0 Å². The van der Waals surface area contributed by atoms with Crippen molar-refractivity contribution in [2.45, 2.75) is 17.2 Å². The number of alkyl halides is 2. The van der Waals surface area contributed by atoms with E-state index in [4.69, 9.17) is 0 Å². The first-order valence-corrected chi connectivity index (χ1v) is 6.69. The summed E-state index contributed by atoms with van der Waals surface area (Å²) in [5.41, 5.74) is 1.07. The van der Waals surface area contributed by atoms with E-state index in [2.05, 4.69) is 5.32 Å². The molecule has 0 heterocycles. The van der Waals surface area contributed by atoms with Crippen LogP contribution in [0.25, 0.3) is 0 Å². The Morgan fingerprint density at radius 2 is 1.90 bits per heavy atom. The van der Waals surface area contributed by atoms with E-state index in [0.29, 0.717) is 27.9 Å². The number of phenolic OH excluding ortho intramolecular Hbond substituents is 1. The van der Waals surface area contributed by atoms with Gasteiger partial charge in [-0.3, -0.25) is 0 Å². The molecule has 0 radical (unpaired) electrons. The second-order valence-corrected chi connectivity index (χ2v) is 5.08. The van der Waals surface area contributed by atoms with E-state index in [1.807, 2.05) is 0 Å². The first-order valence-electron chi connectivity index (χ1n) is 5.81. The van der Waals surface area contributed by atoms with E-state index in [0.717, 1.165) is 6.07 Å². The van der Waals surface area contributed by atoms with E-state index in [-0.39, 0.29) is 12.3 Å². The minimum atomic E-state index is -2.50. The SMILES string of the molecule is Oc1cc(F)cc(CNc2ccccc2SC(F)F)c1. The van der Waals surface area contributed by atoms with Crippen LogP contribution in [0.2, 0.25) is 0 Å². The average molecular weight is 299 g/mol. The Balaban J connectivity index is 2.10. The fraction of sp³-hybridized carbons (Fsp3) is 0.143. The summed E-state index contributed by atoms with van der Waals surface area (Å²) in [6.45, 7) is 0.228. The lowest BCUT2D eigenvalue weighted by atomic mass is 10.2. The predicted molar refractivity (Wildman–Crippen MR) is 73.7 cm³/mol. The molecule has 20 heavy (non-hydrogen) atoms. The van der Waals surface area contributed by atoms with E-state index >= 15 is 0 Å². The van der Waals surface area contributed by atoms with Crippen molar-refractivity contribution in [1.82, 2.24) is 0 Å². The second kappa shape index (κ2) is 6.56. The van der Waals surface area contributed by atoms with E-state index in [9.17, 15) is 18.3 Å². The van der Waals surface area contributed by atoms with Gasteiger partial charge in [-0.1, -0.05) is 23.9 Å². The lowest BCUT2D eigenvalue weighted by Gasteiger charge is -2.11. The van der Waals surface area contributed by atoms with Gasteiger partial charge in [-0.25, -0.2) is 4.39 Å². The van der Waals surface area contributed by atoms with Crippen molar-refractivity contribution in [2.24, 2.45) is 0 Å². The number of halogens is 3. The first kappa shape index (κ1) is 14.6. The Hall–Kier alpha value is -1.82. The number of phenols is 1. The molecule has 0 spiro atoms. The fourth-order valence-electron chi connectivity index (χ4n) is 1.74. The van der Waals surface area contributed by atoms with Crippen LogP contribution in [-0.2, 0) is 6.54 Å². The molecule has 106 valence electrons. The topological polar surface area (TPSA) is 32.3 Å². The van der Waals surface area contributed by atoms with Crippen LogP contribution >= 0.6 is 11.8 Å². The standard InChI is InChI=1S/C14H12F3NOS/c15-10-5-9(6-11(19)7-10)8-18-12-3-1-2-4-13(12)20-14(16)17/h1-7,14,18-19H,8H2. The van der Waals surface area contributed by atoms with Crippen LogP contribution < -0.4 is 5.32 Å². The zero-order valence-corrected chi connectivity index (χ0v) is 11.1. The molecule has 2 N–H and O–H groups in total. The van der Waals surface area contributed by atoms with E-state index < -0.39 is 11.6 Å². The van der Waals surface area contributed by atoms with Crippen LogP contribution in [-0.4, -0.2) is 10.9 Å². The molecule has 0 saturated carbocycles. The second-order valence-electron chi connectivity index (χ2n) is 4.05. The van der Waals surface area contributed by atoms with Crippen LogP contribution in [0.3, 0.4) is 0 Å². The maximum atomic E-state index is 13.1. The number of benzene rings is 2. The highest BCUT2D eigenvalue weighted by molar-refractivity contribution is 7.99.